The summed E-state index contributed by atoms with van der Waals surface area (Å²) in [5, 5.41) is 11.3. The Morgan fingerprint density at radius 2 is 1.95 bits per heavy atom. The van der Waals surface area contributed by atoms with E-state index in [-0.39, 0.29) is 22.1 Å². The molecule has 0 radical (unpaired) electrons. The molecule has 0 unspecified atom stereocenters. The first-order valence-corrected chi connectivity index (χ1v) is 5.47. The molecule has 0 amide bonds. The van der Waals surface area contributed by atoms with Crippen molar-refractivity contribution >= 4 is 33.3 Å². The maximum absolute atomic E-state index is 12.3. The maximum Gasteiger partial charge on any atom is 0.273 e. The van der Waals surface area contributed by atoms with Crippen molar-refractivity contribution in [3.05, 3.63) is 56.7 Å². The summed E-state index contributed by atoms with van der Waals surface area (Å²) in [5.74, 6) is 0. The second kappa shape index (κ2) is 3.81. The zero-order chi connectivity index (χ0) is 13.6. The molecule has 0 fully saturated rings. The van der Waals surface area contributed by atoms with Crippen LogP contribution in [0.15, 0.2) is 45.6 Å². The second-order valence-corrected chi connectivity index (χ2v) is 4.09. The van der Waals surface area contributed by atoms with Crippen molar-refractivity contribution < 1.29 is 9.34 Å². The number of nitrogens with two attached hydrogens (primary N) is 1. The number of nitro groups is 1. The third-order valence-corrected chi connectivity index (χ3v) is 2.93. The highest BCUT2D eigenvalue weighted by Gasteiger charge is 2.13. The van der Waals surface area contributed by atoms with E-state index >= 15 is 0 Å². The van der Waals surface area contributed by atoms with Crippen LogP contribution in [0.1, 0.15) is 0 Å². The molecule has 94 valence electrons. The Morgan fingerprint density at radius 1 is 1.16 bits per heavy atom. The molecule has 2 N–H and O–H groups in total. The van der Waals surface area contributed by atoms with Gasteiger partial charge in [0.15, 0.2) is 0 Å². The minimum atomic E-state index is -0.539. The molecule has 0 atom stereocenters. The molecule has 0 spiro atoms. The third kappa shape index (κ3) is 1.61. The topological polar surface area (TPSA) is 99.4 Å². The van der Waals surface area contributed by atoms with Gasteiger partial charge < -0.3 is 10.2 Å². The van der Waals surface area contributed by atoms with Crippen LogP contribution in [-0.4, -0.2) is 4.92 Å². The van der Waals surface area contributed by atoms with E-state index in [0.29, 0.717) is 16.7 Å². The van der Waals surface area contributed by atoms with Gasteiger partial charge in [0.1, 0.15) is 11.2 Å². The maximum atomic E-state index is 12.3. The van der Waals surface area contributed by atoms with Crippen LogP contribution in [0.5, 0.6) is 0 Å². The van der Waals surface area contributed by atoms with Crippen LogP contribution in [0.4, 0.5) is 11.4 Å². The fourth-order valence-corrected chi connectivity index (χ4v) is 2.03. The van der Waals surface area contributed by atoms with E-state index < -0.39 is 4.92 Å². The van der Waals surface area contributed by atoms with Crippen LogP contribution in [-0.2, 0) is 0 Å². The largest absolute Gasteiger partial charge is 0.455 e. The van der Waals surface area contributed by atoms with Crippen molar-refractivity contribution in [1.82, 2.24) is 0 Å². The standard InChI is InChI=1S/C13H8N2O4/c14-9-2-1-3-10-12(9)13(16)8-5-4-7(15(17)18)6-11(8)19-10/h1-6H,14H2. The molecule has 0 aliphatic carbocycles. The van der Waals surface area contributed by atoms with Gasteiger partial charge in [-0.2, -0.15) is 0 Å². The molecule has 0 bridgehead atoms. The number of nitrogens with zero attached hydrogens (tertiary/aromatic N) is 1. The Labute approximate surface area is 106 Å². The summed E-state index contributed by atoms with van der Waals surface area (Å²) in [7, 11) is 0. The molecule has 0 saturated heterocycles. The van der Waals surface area contributed by atoms with E-state index in [4.69, 9.17) is 10.2 Å². The Balaban J connectivity index is 2.50. The molecule has 6 nitrogen and oxygen atoms in total. The molecule has 3 aromatic rings. The van der Waals surface area contributed by atoms with E-state index in [1.54, 1.807) is 18.2 Å². The number of rotatable bonds is 1. The molecular formula is C13H8N2O4. The van der Waals surface area contributed by atoms with E-state index in [1.807, 2.05) is 0 Å². The summed E-state index contributed by atoms with van der Waals surface area (Å²) in [6.45, 7) is 0. The Morgan fingerprint density at radius 3 is 2.68 bits per heavy atom. The van der Waals surface area contributed by atoms with Gasteiger partial charge in [0, 0.05) is 11.8 Å². The molecule has 2 aromatic carbocycles. The van der Waals surface area contributed by atoms with Gasteiger partial charge in [-0.05, 0) is 18.2 Å². The van der Waals surface area contributed by atoms with E-state index in [0.717, 1.165) is 0 Å². The first-order chi connectivity index (χ1) is 9.08. The third-order valence-electron chi connectivity index (χ3n) is 2.93. The average Bonchev–Trinajstić information content (AvgIpc) is 2.38. The van der Waals surface area contributed by atoms with E-state index in [2.05, 4.69) is 0 Å². The number of benzene rings is 2. The van der Waals surface area contributed by atoms with Crippen molar-refractivity contribution in [2.75, 3.05) is 5.73 Å². The van der Waals surface area contributed by atoms with Crippen molar-refractivity contribution in [1.29, 1.82) is 0 Å². The van der Waals surface area contributed by atoms with Crippen molar-refractivity contribution in [3.63, 3.8) is 0 Å². The van der Waals surface area contributed by atoms with Crippen LogP contribution in [0.25, 0.3) is 21.9 Å². The van der Waals surface area contributed by atoms with Crippen LogP contribution in [0.2, 0.25) is 0 Å². The van der Waals surface area contributed by atoms with Crippen molar-refractivity contribution in [3.8, 4) is 0 Å². The van der Waals surface area contributed by atoms with Gasteiger partial charge in [-0.15, -0.1) is 0 Å². The van der Waals surface area contributed by atoms with E-state index in [9.17, 15) is 14.9 Å². The molecular weight excluding hydrogens is 248 g/mol. The summed E-state index contributed by atoms with van der Waals surface area (Å²) < 4.78 is 5.51. The predicted octanol–water partition coefficient (Wildman–Crippen LogP) is 2.44. The van der Waals surface area contributed by atoms with Crippen molar-refractivity contribution in [2.45, 2.75) is 0 Å². The van der Waals surface area contributed by atoms with Gasteiger partial charge in [-0.3, -0.25) is 14.9 Å². The smallest absolute Gasteiger partial charge is 0.273 e. The lowest BCUT2D eigenvalue weighted by atomic mass is 10.1. The minimum Gasteiger partial charge on any atom is -0.455 e. The molecule has 6 heteroatoms. The number of anilines is 1. The van der Waals surface area contributed by atoms with Crippen LogP contribution in [0.3, 0.4) is 0 Å². The summed E-state index contributed by atoms with van der Waals surface area (Å²) in [6, 6.07) is 8.75. The molecule has 1 aromatic heterocycles. The summed E-state index contributed by atoms with van der Waals surface area (Å²) in [5.41, 5.74) is 6.17. The highest BCUT2D eigenvalue weighted by atomic mass is 16.6. The molecule has 1 heterocycles. The number of non-ortho nitro benzene ring substituents is 1. The summed E-state index contributed by atoms with van der Waals surface area (Å²) in [4.78, 5) is 22.5. The van der Waals surface area contributed by atoms with Gasteiger partial charge in [-0.25, -0.2) is 0 Å². The van der Waals surface area contributed by atoms with Crippen molar-refractivity contribution in [2.24, 2.45) is 0 Å². The van der Waals surface area contributed by atoms with Gasteiger partial charge in [0.05, 0.1) is 21.8 Å². The Hall–Kier alpha value is -2.89. The lowest BCUT2D eigenvalue weighted by Gasteiger charge is -2.03. The number of hydrogen-bond donors (Lipinski definition) is 1. The summed E-state index contributed by atoms with van der Waals surface area (Å²) in [6.07, 6.45) is 0. The van der Waals surface area contributed by atoms with E-state index in [1.165, 1.54) is 18.2 Å². The summed E-state index contributed by atoms with van der Waals surface area (Å²) >= 11 is 0. The number of hydrogen-bond acceptors (Lipinski definition) is 5. The molecule has 3 rings (SSSR count). The molecule has 19 heavy (non-hydrogen) atoms. The zero-order valence-corrected chi connectivity index (χ0v) is 9.62. The van der Waals surface area contributed by atoms with Crippen LogP contribution >= 0.6 is 0 Å². The lowest BCUT2D eigenvalue weighted by molar-refractivity contribution is -0.384. The predicted molar refractivity (Wildman–Crippen MR) is 71.1 cm³/mol. The van der Waals surface area contributed by atoms with Gasteiger partial charge >= 0.3 is 0 Å². The molecule has 0 aliphatic rings. The number of nitro benzene ring substituents is 1. The van der Waals surface area contributed by atoms with Gasteiger partial charge in [0.2, 0.25) is 5.43 Å². The highest BCUT2D eigenvalue weighted by Crippen LogP contribution is 2.25. The normalized spacial score (nSPS) is 10.9. The molecule has 0 aliphatic heterocycles. The van der Waals surface area contributed by atoms with Crippen LogP contribution in [0, 0.1) is 10.1 Å². The quantitative estimate of drug-likeness (QED) is 0.312. The highest BCUT2D eigenvalue weighted by molar-refractivity contribution is 5.96. The average molecular weight is 256 g/mol. The zero-order valence-electron chi connectivity index (χ0n) is 9.62. The first kappa shape index (κ1) is 11.2. The first-order valence-electron chi connectivity index (χ1n) is 5.47. The molecule has 0 saturated carbocycles. The minimum absolute atomic E-state index is 0.126. The fraction of sp³-hybridized carbons (Fsp3) is 0. The lowest BCUT2D eigenvalue weighted by Crippen LogP contribution is -2.05. The number of fused-ring (bicyclic) bond motifs is 2. The second-order valence-electron chi connectivity index (χ2n) is 4.09. The SMILES string of the molecule is Nc1cccc2oc3cc([N+](=O)[O-])ccc3c(=O)c12. The van der Waals surface area contributed by atoms with Gasteiger partial charge in [-0.1, -0.05) is 6.07 Å². The Bertz CT molecular complexity index is 883. The van der Waals surface area contributed by atoms with Gasteiger partial charge in [0.25, 0.3) is 5.69 Å². The van der Waals surface area contributed by atoms with Crippen LogP contribution < -0.4 is 11.2 Å². The monoisotopic (exact) mass is 256 g/mol. The number of nitrogen functional groups attached to an aromatic ring is 1. The Kier molecular flexibility index (Phi) is 2.25. The fourth-order valence-electron chi connectivity index (χ4n) is 2.03.